The standard InChI is InChI=1S/C22H17FN4O5/c23-19-6-1-2-7-20(19)25-21(28)14-32-18-5-3-4-15(12-18)13-24-26-22(29)16-8-10-17(11-9-16)27(30)31/h1-13H,14H2,(H,25,28)(H,26,29)/b24-13+. The third-order valence-corrected chi connectivity index (χ3v) is 4.10. The lowest BCUT2D eigenvalue weighted by atomic mass is 10.2. The Morgan fingerprint density at radius 1 is 1.06 bits per heavy atom. The van der Waals surface area contributed by atoms with Gasteiger partial charge in [0.05, 0.1) is 16.8 Å². The van der Waals surface area contributed by atoms with E-state index in [0.29, 0.717) is 11.3 Å². The molecule has 3 rings (SSSR count). The van der Waals surface area contributed by atoms with Gasteiger partial charge in [0, 0.05) is 17.7 Å². The molecule has 0 fully saturated rings. The number of hydrogen-bond donors (Lipinski definition) is 2. The predicted molar refractivity (Wildman–Crippen MR) is 115 cm³/mol. The van der Waals surface area contributed by atoms with Crippen LogP contribution in [0, 0.1) is 15.9 Å². The maximum Gasteiger partial charge on any atom is 0.271 e. The van der Waals surface area contributed by atoms with Crippen LogP contribution in [0.5, 0.6) is 5.75 Å². The van der Waals surface area contributed by atoms with Gasteiger partial charge in [0.15, 0.2) is 6.61 Å². The molecule has 0 spiro atoms. The van der Waals surface area contributed by atoms with Gasteiger partial charge in [-0.1, -0.05) is 24.3 Å². The molecular weight excluding hydrogens is 419 g/mol. The van der Waals surface area contributed by atoms with Crippen LogP contribution in [0.2, 0.25) is 0 Å². The third kappa shape index (κ3) is 6.20. The van der Waals surface area contributed by atoms with Crippen LogP contribution in [-0.4, -0.2) is 29.6 Å². The minimum absolute atomic E-state index is 0.0609. The molecule has 0 saturated heterocycles. The van der Waals surface area contributed by atoms with Crippen LogP contribution < -0.4 is 15.5 Å². The molecule has 10 heteroatoms. The quantitative estimate of drug-likeness (QED) is 0.318. The zero-order valence-corrected chi connectivity index (χ0v) is 16.5. The molecule has 0 aliphatic rings. The number of hydrogen-bond acceptors (Lipinski definition) is 6. The molecule has 0 unspecified atom stereocenters. The van der Waals surface area contributed by atoms with Crippen LogP contribution in [0.4, 0.5) is 15.8 Å². The summed E-state index contributed by atoms with van der Waals surface area (Å²) in [5, 5.41) is 16.9. The number of carbonyl (C=O) groups is 2. The van der Waals surface area contributed by atoms with Crippen molar-refractivity contribution in [3.8, 4) is 5.75 Å². The number of nitro groups is 1. The molecule has 0 aliphatic carbocycles. The molecule has 32 heavy (non-hydrogen) atoms. The van der Waals surface area contributed by atoms with Gasteiger partial charge in [-0.3, -0.25) is 19.7 Å². The molecule has 3 aromatic carbocycles. The van der Waals surface area contributed by atoms with E-state index in [0.717, 1.165) is 0 Å². The van der Waals surface area contributed by atoms with Crippen molar-refractivity contribution in [1.29, 1.82) is 0 Å². The number of ether oxygens (including phenoxy) is 1. The van der Waals surface area contributed by atoms with Crippen molar-refractivity contribution in [2.24, 2.45) is 5.10 Å². The Morgan fingerprint density at radius 2 is 1.81 bits per heavy atom. The van der Waals surface area contributed by atoms with E-state index in [1.54, 1.807) is 30.3 Å². The lowest BCUT2D eigenvalue weighted by Crippen LogP contribution is -2.20. The minimum Gasteiger partial charge on any atom is -0.484 e. The molecule has 162 valence electrons. The molecule has 0 bridgehead atoms. The van der Waals surface area contributed by atoms with Crippen molar-refractivity contribution in [2.45, 2.75) is 0 Å². The largest absolute Gasteiger partial charge is 0.484 e. The SMILES string of the molecule is O=C(COc1cccc(/C=N/NC(=O)c2ccc([N+](=O)[O-])cc2)c1)Nc1ccccc1F. The Kier molecular flexibility index (Phi) is 7.20. The Morgan fingerprint density at radius 3 is 2.53 bits per heavy atom. The molecule has 2 N–H and O–H groups in total. The smallest absolute Gasteiger partial charge is 0.271 e. The molecule has 0 heterocycles. The van der Waals surface area contributed by atoms with Crippen LogP contribution in [0.25, 0.3) is 0 Å². The minimum atomic E-state index is -0.557. The third-order valence-electron chi connectivity index (χ3n) is 4.10. The second-order valence-corrected chi connectivity index (χ2v) is 6.39. The topological polar surface area (TPSA) is 123 Å². The molecule has 2 amide bonds. The Balaban J connectivity index is 1.52. The normalized spacial score (nSPS) is 10.5. The number of benzene rings is 3. The number of nitro benzene ring substituents is 1. The summed E-state index contributed by atoms with van der Waals surface area (Å²) in [5.41, 5.74) is 3.06. The molecule has 9 nitrogen and oxygen atoms in total. The molecule has 0 radical (unpaired) electrons. The number of nitrogens with one attached hydrogen (secondary N) is 2. The van der Waals surface area contributed by atoms with Gasteiger partial charge in [-0.2, -0.15) is 5.10 Å². The van der Waals surface area contributed by atoms with Crippen molar-refractivity contribution in [2.75, 3.05) is 11.9 Å². The molecule has 0 aliphatic heterocycles. The Bertz CT molecular complexity index is 1160. The van der Waals surface area contributed by atoms with Crippen molar-refractivity contribution >= 4 is 29.4 Å². The number of non-ortho nitro benzene ring substituents is 1. The monoisotopic (exact) mass is 436 g/mol. The summed E-state index contributed by atoms with van der Waals surface area (Å²) in [6.07, 6.45) is 1.37. The fourth-order valence-corrected chi connectivity index (χ4v) is 2.55. The molecule has 0 atom stereocenters. The van der Waals surface area contributed by atoms with Gasteiger partial charge >= 0.3 is 0 Å². The van der Waals surface area contributed by atoms with Gasteiger partial charge in [-0.15, -0.1) is 0 Å². The first-order chi connectivity index (χ1) is 15.4. The maximum absolute atomic E-state index is 13.6. The summed E-state index contributed by atoms with van der Waals surface area (Å²) < 4.78 is 19.0. The number of hydrazone groups is 1. The van der Waals surface area contributed by atoms with Crippen molar-refractivity contribution < 1.29 is 23.6 Å². The van der Waals surface area contributed by atoms with Crippen LogP contribution >= 0.6 is 0 Å². The second-order valence-electron chi connectivity index (χ2n) is 6.39. The summed E-state index contributed by atoms with van der Waals surface area (Å²) in [4.78, 5) is 34.1. The maximum atomic E-state index is 13.6. The van der Waals surface area contributed by atoms with E-state index in [9.17, 15) is 24.1 Å². The predicted octanol–water partition coefficient (Wildman–Crippen LogP) is 3.52. The number of carbonyl (C=O) groups excluding carboxylic acids is 2. The summed E-state index contributed by atoms with van der Waals surface area (Å²) in [6.45, 7) is -0.328. The summed E-state index contributed by atoms with van der Waals surface area (Å²) in [7, 11) is 0. The van der Waals surface area contributed by atoms with Crippen molar-refractivity contribution in [1.82, 2.24) is 5.43 Å². The van der Waals surface area contributed by atoms with E-state index in [2.05, 4.69) is 15.8 Å². The molecule has 0 saturated carbocycles. The van der Waals surface area contributed by atoms with Crippen LogP contribution in [-0.2, 0) is 4.79 Å². The first-order valence-electron chi connectivity index (χ1n) is 9.27. The highest BCUT2D eigenvalue weighted by Gasteiger charge is 2.09. The first kappa shape index (κ1) is 22.1. The van der Waals surface area contributed by atoms with E-state index in [1.807, 2.05) is 0 Å². The summed E-state index contributed by atoms with van der Waals surface area (Å²) >= 11 is 0. The van der Waals surface area contributed by atoms with E-state index < -0.39 is 22.6 Å². The van der Waals surface area contributed by atoms with E-state index >= 15 is 0 Å². The lowest BCUT2D eigenvalue weighted by Gasteiger charge is -2.08. The first-order valence-corrected chi connectivity index (χ1v) is 9.27. The Hall–Kier alpha value is -4.60. The van der Waals surface area contributed by atoms with Crippen LogP contribution in [0.15, 0.2) is 77.9 Å². The fraction of sp³-hybridized carbons (Fsp3) is 0.0455. The van der Waals surface area contributed by atoms with Crippen molar-refractivity contribution in [3.63, 3.8) is 0 Å². The number of para-hydroxylation sites is 1. The van der Waals surface area contributed by atoms with Gasteiger partial charge in [0.2, 0.25) is 0 Å². The van der Waals surface area contributed by atoms with E-state index in [4.69, 9.17) is 4.74 Å². The number of nitrogens with zero attached hydrogens (tertiary/aromatic N) is 2. The highest BCUT2D eigenvalue weighted by Crippen LogP contribution is 2.15. The van der Waals surface area contributed by atoms with E-state index in [-0.39, 0.29) is 23.5 Å². The average molecular weight is 436 g/mol. The highest BCUT2D eigenvalue weighted by molar-refractivity contribution is 5.95. The lowest BCUT2D eigenvalue weighted by molar-refractivity contribution is -0.384. The molecular formula is C22H17FN4O5. The fourth-order valence-electron chi connectivity index (χ4n) is 2.55. The van der Waals surface area contributed by atoms with Gasteiger partial charge in [-0.05, 0) is 42.0 Å². The average Bonchev–Trinajstić information content (AvgIpc) is 2.79. The second kappa shape index (κ2) is 10.4. The number of anilines is 1. The molecule has 3 aromatic rings. The van der Waals surface area contributed by atoms with Gasteiger partial charge in [-0.25, -0.2) is 9.82 Å². The number of amides is 2. The van der Waals surface area contributed by atoms with Gasteiger partial charge < -0.3 is 10.1 Å². The number of halogens is 1. The number of rotatable bonds is 8. The van der Waals surface area contributed by atoms with Crippen LogP contribution in [0.1, 0.15) is 15.9 Å². The van der Waals surface area contributed by atoms with Crippen LogP contribution in [0.3, 0.4) is 0 Å². The zero-order valence-electron chi connectivity index (χ0n) is 16.5. The highest BCUT2D eigenvalue weighted by atomic mass is 19.1. The van der Waals surface area contributed by atoms with E-state index in [1.165, 1.54) is 48.7 Å². The van der Waals surface area contributed by atoms with Gasteiger partial charge in [0.1, 0.15) is 11.6 Å². The summed E-state index contributed by atoms with van der Waals surface area (Å²) in [5.74, 6) is -1.23. The van der Waals surface area contributed by atoms with Crippen molar-refractivity contribution in [3.05, 3.63) is 99.9 Å². The van der Waals surface area contributed by atoms with Gasteiger partial charge in [0.25, 0.3) is 17.5 Å². The molecule has 0 aromatic heterocycles. The zero-order chi connectivity index (χ0) is 22.9. The summed E-state index contributed by atoms with van der Waals surface area (Å²) in [6, 6.07) is 17.5. The Labute approximate surface area is 181 Å².